The Kier molecular flexibility index (Phi) is 5.65. The second-order valence-electron chi connectivity index (χ2n) is 8.25. The van der Waals surface area contributed by atoms with E-state index in [2.05, 4.69) is 11.4 Å². The predicted octanol–water partition coefficient (Wildman–Crippen LogP) is 4.58. The van der Waals surface area contributed by atoms with Gasteiger partial charge in [0.25, 0.3) is 5.69 Å². The third kappa shape index (κ3) is 3.91. The van der Waals surface area contributed by atoms with Crippen molar-refractivity contribution in [2.45, 2.75) is 57.8 Å². The lowest BCUT2D eigenvalue weighted by Crippen LogP contribution is -2.30. The second-order valence-corrected chi connectivity index (χ2v) is 8.25. The zero-order chi connectivity index (χ0) is 20.4. The molecule has 0 bridgehead atoms. The Labute approximate surface area is 170 Å². The van der Waals surface area contributed by atoms with E-state index in [0.717, 1.165) is 44.9 Å². The van der Waals surface area contributed by atoms with E-state index in [9.17, 15) is 19.7 Å². The fourth-order valence-corrected chi connectivity index (χ4v) is 4.87. The maximum Gasteiger partial charge on any atom is 0.294 e. The summed E-state index contributed by atoms with van der Waals surface area (Å²) < 4.78 is 0. The first-order valence-electron chi connectivity index (χ1n) is 10.6. The van der Waals surface area contributed by atoms with Crippen LogP contribution < -0.4 is 10.2 Å². The number of nitro benzene ring substituents is 1. The Balaban J connectivity index is 1.51. The van der Waals surface area contributed by atoms with Crippen molar-refractivity contribution in [3.05, 3.63) is 40.0 Å². The minimum atomic E-state index is -0.455. The van der Waals surface area contributed by atoms with E-state index in [1.807, 2.05) is 0 Å². The number of nitrogens with one attached hydrogen (secondary N) is 1. The van der Waals surface area contributed by atoms with Crippen LogP contribution in [0.15, 0.2) is 29.8 Å². The second kappa shape index (κ2) is 8.35. The van der Waals surface area contributed by atoms with Crippen molar-refractivity contribution in [3.8, 4) is 0 Å². The van der Waals surface area contributed by atoms with Gasteiger partial charge < -0.3 is 5.32 Å². The standard InChI is InChI=1S/C22H27N3O4/c26-21-17-8-4-5-9-18(17)22(27)24(21)16-10-11-19(20(14-16)25(28)29)23-13-12-15-6-2-1-3-7-15/h6,10-11,14,17-18,23H,1-5,7-9,12-13H2/t17-,18-/m0/s1. The third-order valence-corrected chi connectivity index (χ3v) is 6.42. The van der Waals surface area contributed by atoms with Gasteiger partial charge >= 0.3 is 0 Å². The summed E-state index contributed by atoms with van der Waals surface area (Å²) in [7, 11) is 0. The summed E-state index contributed by atoms with van der Waals surface area (Å²) in [5, 5.41) is 14.8. The molecule has 1 N–H and O–H groups in total. The molecule has 0 aromatic heterocycles. The van der Waals surface area contributed by atoms with Gasteiger partial charge in [-0.05, 0) is 57.1 Å². The molecule has 2 atom stereocenters. The fraction of sp³-hybridized carbons (Fsp3) is 0.545. The molecule has 2 fully saturated rings. The molecule has 0 spiro atoms. The molecule has 1 saturated carbocycles. The maximum absolute atomic E-state index is 12.8. The molecule has 1 aliphatic heterocycles. The average molecular weight is 397 g/mol. The molecule has 2 amide bonds. The molecule has 1 heterocycles. The zero-order valence-electron chi connectivity index (χ0n) is 16.6. The topological polar surface area (TPSA) is 92.6 Å². The molecular formula is C22H27N3O4. The fourth-order valence-electron chi connectivity index (χ4n) is 4.87. The van der Waals surface area contributed by atoms with Crippen LogP contribution in [-0.4, -0.2) is 23.3 Å². The van der Waals surface area contributed by atoms with E-state index < -0.39 is 4.92 Å². The quantitative estimate of drug-likeness (QED) is 0.328. The zero-order valence-corrected chi connectivity index (χ0v) is 16.6. The van der Waals surface area contributed by atoms with Gasteiger partial charge in [-0.25, -0.2) is 4.90 Å². The number of rotatable bonds is 6. The van der Waals surface area contributed by atoms with E-state index in [0.29, 0.717) is 17.9 Å². The number of imide groups is 1. The van der Waals surface area contributed by atoms with Gasteiger partial charge in [0, 0.05) is 12.6 Å². The van der Waals surface area contributed by atoms with Crippen LogP contribution in [0.5, 0.6) is 0 Å². The van der Waals surface area contributed by atoms with Crippen LogP contribution in [0.4, 0.5) is 17.1 Å². The number of carbonyl (C=O) groups excluding carboxylic acids is 2. The summed E-state index contributed by atoms with van der Waals surface area (Å²) >= 11 is 0. The number of benzene rings is 1. The summed E-state index contributed by atoms with van der Waals surface area (Å²) in [6.07, 6.45) is 11.2. The Hall–Kier alpha value is -2.70. The number of amides is 2. The minimum absolute atomic E-state index is 0.101. The number of hydrogen-bond donors (Lipinski definition) is 1. The van der Waals surface area contributed by atoms with Crippen LogP contribution >= 0.6 is 0 Å². The summed E-state index contributed by atoms with van der Waals surface area (Å²) in [6.45, 7) is 0.623. The lowest BCUT2D eigenvalue weighted by Gasteiger charge is -2.19. The van der Waals surface area contributed by atoms with Gasteiger partial charge in [0.1, 0.15) is 5.69 Å². The highest BCUT2D eigenvalue weighted by Crippen LogP contribution is 2.41. The first-order chi connectivity index (χ1) is 14.1. The van der Waals surface area contributed by atoms with Gasteiger partial charge in [-0.1, -0.05) is 24.5 Å². The first kappa shape index (κ1) is 19.6. The van der Waals surface area contributed by atoms with E-state index in [-0.39, 0.29) is 29.3 Å². The molecule has 0 radical (unpaired) electrons. The van der Waals surface area contributed by atoms with Crippen LogP contribution in [0.2, 0.25) is 0 Å². The Morgan fingerprint density at radius 2 is 1.79 bits per heavy atom. The number of nitro groups is 1. The molecule has 3 aliphatic rings. The summed E-state index contributed by atoms with van der Waals surface area (Å²) in [4.78, 5) is 37.9. The highest BCUT2D eigenvalue weighted by molar-refractivity contribution is 6.22. The van der Waals surface area contributed by atoms with Gasteiger partial charge in [0.15, 0.2) is 0 Å². The van der Waals surface area contributed by atoms with Crippen molar-refractivity contribution in [1.29, 1.82) is 0 Å². The van der Waals surface area contributed by atoms with Gasteiger partial charge in [-0.15, -0.1) is 0 Å². The Morgan fingerprint density at radius 3 is 2.41 bits per heavy atom. The maximum atomic E-state index is 12.8. The number of nitrogens with zero attached hydrogens (tertiary/aromatic N) is 2. The van der Waals surface area contributed by atoms with Crippen LogP contribution in [0.1, 0.15) is 57.8 Å². The van der Waals surface area contributed by atoms with Crippen LogP contribution in [0, 0.1) is 22.0 Å². The van der Waals surface area contributed by atoms with E-state index in [1.54, 1.807) is 12.1 Å². The normalized spacial score (nSPS) is 24.3. The molecule has 29 heavy (non-hydrogen) atoms. The number of fused-ring (bicyclic) bond motifs is 1. The number of carbonyl (C=O) groups is 2. The minimum Gasteiger partial charge on any atom is -0.379 e. The smallest absolute Gasteiger partial charge is 0.294 e. The first-order valence-corrected chi connectivity index (χ1v) is 10.6. The molecule has 2 aliphatic carbocycles. The molecular weight excluding hydrogens is 370 g/mol. The van der Waals surface area contributed by atoms with Crippen molar-refractivity contribution in [2.75, 3.05) is 16.8 Å². The van der Waals surface area contributed by atoms with E-state index in [1.165, 1.54) is 29.4 Å². The largest absolute Gasteiger partial charge is 0.379 e. The van der Waals surface area contributed by atoms with Gasteiger partial charge in [-0.3, -0.25) is 19.7 Å². The van der Waals surface area contributed by atoms with Crippen molar-refractivity contribution >= 4 is 28.9 Å². The number of allylic oxidation sites excluding steroid dienone is 1. The SMILES string of the molecule is O=C1[C@H]2CCCC[C@@H]2C(=O)N1c1ccc(NCCC2=CCCCC2)c([N+](=O)[O-])c1. The highest BCUT2D eigenvalue weighted by atomic mass is 16.6. The van der Waals surface area contributed by atoms with Crippen LogP contribution in [-0.2, 0) is 9.59 Å². The Bertz CT molecular complexity index is 840. The van der Waals surface area contributed by atoms with Gasteiger partial charge in [-0.2, -0.15) is 0 Å². The molecule has 4 rings (SSSR count). The average Bonchev–Trinajstić information content (AvgIpc) is 2.99. The highest BCUT2D eigenvalue weighted by Gasteiger charge is 2.49. The molecule has 1 saturated heterocycles. The molecule has 7 nitrogen and oxygen atoms in total. The predicted molar refractivity (Wildman–Crippen MR) is 111 cm³/mol. The van der Waals surface area contributed by atoms with Gasteiger partial charge in [0.2, 0.25) is 11.8 Å². The Morgan fingerprint density at radius 1 is 1.07 bits per heavy atom. The van der Waals surface area contributed by atoms with Crippen LogP contribution in [0.25, 0.3) is 0 Å². The lowest BCUT2D eigenvalue weighted by molar-refractivity contribution is -0.383. The monoisotopic (exact) mass is 397 g/mol. The number of anilines is 2. The molecule has 1 aromatic carbocycles. The van der Waals surface area contributed by atoms with Crippen LogP contribution in [0.3, 0.4) is 0 Å². The molecule has 0 unspecified atom stereocenters. The summed E-state index contributed by atoms with van der Waals surface area (Å²) in [5.41, 5.74) is 2.03. The van der Waals surface area contributed by atoms with E-state index >= 15 is 0 Å². The third-order valence-electron chi connectivity index (χ3n) is 6.42. The summed E-state index contributed by atoms with van der Waals surface area (Å²) in [6, 6.07) is 4.61. The van der Waals surface area contributed by atoms with Crippen molar-refractivity contribution in [2.24, 2.45) is 11.8 Å². The summed E-state index contributed by atoms with van der Waals surface area (Å²) in [5.74, 6) is -0.952. The van der Waals surface area contributed by atoms with E-state index in [4.69, 9.17) is 0 Å². The van der Waals surface area contributed by atoms with Crippen molar-refractivity contribution < 1.29 is 14.5 Å². The lowest BCUT2D eigenvalue weighted by atomic mass is 9.81. The van der Waals surface area contributed by atoms with Crippen molar-refractivity contribution in [3.63, 3.8) is 0 Å². The molecule has 7 heteroatoms. The number of hydrogen-bond acceptors (Lipinski definition) is 5. The van der Waals surface area contributed by atoms with Gasteiger partial charge in [0.05, 0.1) is 22.4 Å². The molecule has 1 aromatic rings. The molecule has 154 valence electrons. The van der Waals surface area contributed by atoms with Crippen molar-refractivity contribution in [1.82, 2.24) is 0 Å².